The van der Waals surface area contributed by atoms with Gasteiger partial charge >= 0.3 is 0 Å². The monoisotopic (exact) mass is 365 g/mol. The lowest BCUT2D eigenvalue weighted by Gasteiger charge is -2.22. The molecule has 1 aromatic rings. The van der Waals surface area contributed by atoms with E-state index in [-0.39, 0.29) is 17.3 Å². The molecule has 1 amide bonds. The zero-order valence-electron chi connectivity index (χ0n) is 16.1. The van der Waals surface area contributed by atoms with Crippen LogP contribution in [0.1, 0.15) is 56.8 Å². The number of hydrogen-bond acceptors (Lipinski definition) is 5. The number of nitro benzene ring substituents is 1. The van der Waals surface area contributed by atoms with E-state index in [9.17, 15) is 14.9 Å². The highest BCUT2D eigenvalue weighted by Crippen LogP contribution is 2.24. The summed E-state index contributed by atoms with van der Waals surface area (Å²) in [4.78, 5) is 25.2. The molecule has 7 nitrogen and oxygen atoms in total. The Morgan fingerprint density at radius 1 is 1.15 bits per heavy atom. The summed E-state index contributed by atoms with van der Waals surface area (Å²) in [5, 5.41) is 13.8. The third-order valence-electron chi connectivity index (χ3n) is 4.09. The van der Waals surface area contributed by atoms with Gasteiger partial charge in [0.25, 0.3) is 11.6 Å². The lowest BCUT2D eigenvalue weighted by molar-refractivity contribution is -0.384. The fourth-order valence-corrected chi connectivity index (χ4v) is 2.61. The van der Waals surface area contributed by atoms with Gasteiger partial charge in [0.05, 0.1) is 23.2 Å². The molecule has 1 N–H and O–H groups in total. The van der Waals surface area contributed by atoms with Crippen LogP contribution in [-0.2, 0) is 0 Å². The van der Waals surface area contributed by atoms with Crippen LogP contribution in [0, 0.1) is 10.1 Å². The maximum absolute atomic E-state index is 12.5. The molecule has 1 aromatic carbocycles. The van der Waals surface area contributed by atoms with Gasteiger partial charge in [-0.25, -0.2) is 0 Å². The molecule has 0 unspecified atom stereocenters. The van der Waals surface area contributed by atoms with E-state index in [1.807, 2.05) is 0 Å². The van der Waals surface area contributed by atoms with Gasteiger partial charge in [-0.3, -0.25) is 14.9 Å². The molecule has 0 bridgehead atoms. The van der Waals surface area contributed by atoms with Gasteiger partial charge in [-0.05, 0) is 38.9 Å². The van der Waals surface area contributed by atoms with Crippen molar-refractivity contribution in [2.24, 2.45) is 0 Å². The molecule has 0 aliphatic carbocycles. The van der Waals surface area contributed by atoms with Crippen molar-refractivity contribution < 1.29 is 14.5 Å². The average molecular weight is 365 g/mol. The lowest BCUT2D eigenvalue weighted by atomic mass is 10.1. The largest absolute Gasteiger partial charge is 0.493 e. The van der Waals surface area contributed by atoms with Crippen LogP contribution in [0.2, 0.25) is 0 Å². The number of nitrogens with one attached hydrogen (secondary N) is 1. The molecule has 0 atom stereocenters. The summed E-state index contributed by atoms with van der Waals surface area (Å²) in [6.45, 7) is 9.86. The minimum Gasteiger partial charge on any atom is -0.493 e. The van der Waals surface area contributed by atoms with E-state index in [2.05, 4.69) is 24.1 Å². The molecule has 146 valence electrons. The quantitative estimate of drug-likeness (QED) is 0.426. The van der Waals surface area contributed by atoms with E-state index in [1.54, 1.807) is 6.92 Å². The summed E-state index contributed by atoms with van der Waals surface area (Å²) in [7, 11) is 0. The lowest BCUT2D eigenvalue weighted by Crippen LogP contribution is -2.36. The summed E-state index contributed by atoms with van der Waals surface area (Å²) in [5.74, 6) is -0.0256. The van der Waals surface area contributed by atoms with Crippen molar-refractivity contribution >= 4 is 11.6 Å². The van der Waals surface area contributed by atoms with Crippen molar-refractivity contribution in [3.8, 4) is 5.75 Å². The Morgan fingerprint density at radius 2 is 1.81 bits per heavy atom. The van der Waals surface area contributed by atoms with E-state index < -0.39 is 4.92 Å². The zero-order valence-corrected chi connectivity index (χ0v) is 16.1. The number of carbonyl (C=O) groups excluding carboxylic acids is 1. The molecule has 0 spiro atoms. The summed E-state index contributed by atoms with van der Waals surface area (Å²) < 4.78 is 5.41. The molecule has 0 heterocycles. The standard InChI is InChI=1S/C19H31N3O4/c1-4-7-12-21(13-8-5-2)14-11-20-19(23)17-10-9-16(22(24)25)15-18(17)26-6-3/h9-10,15H,4-8,11-14H2,1-3H3,(H,20,23). The number of carbonyl (C=O) groups is 1. The van der Waals surface area contributed by atoms with Gasteiger partial charge in [-0.1, -0.05) is 26.7 Å². The predicted molar refractivity (Wildman–Crippen MR) is 103 cm³/mol. The van der Waals surface area contributed by atoms with Crippen molar-refractivity contribution in [2.45, 2.75) is 46.5 Å². The van der Waals surface area contributed by atoms with Crippen molar-refractivity contribution in [1.82, 2.24) is 10.2 Å². The number of benzene rings is 1. The maximum Gasteiger partial charge on any atom is 0.273 e. The van der Waals surface area contributed by atoms with Crippen LogP contribution in [-0.4, -0.2) is 48.5 Å². The van der Waals surface area contributed by atoms with Crippen LogP contribution in [0.15, 0.2) is 18.2 Å². The number of amides is 1. The molecule has 0 aliphatic heterocycles. The number of ether oxygens (including phenoxy) is 1. The highest BCUT2D eigenvalue weighted by atomic mass is 16.6. The average Bonchev–Trinajstić information content (AvgIpc) is 2.63. The Morgan fingerprint density at radius 3 is 2.35 bits per heavy atom. The summed E-state index contributed by atoms with van der Waals surface area (Å²) in [6, 6.07) is 4.07. The SMILES string of the molecule is CCCCN(CCCC)CCNC(=O)c1ccc([N+](=O)[O-])cc1OCC. The highest BCUT2D eigenvalue weighted by Gasteiger charge is 2.17. The number of nitrogens with zero attached hydrogens (tertiary/aromatic N) is 2. The van der Waals surface area contributed by atoms with Crippen molar-refractivity contribution in [3.05, 3.63) is 33.9 Å². The summed E-state index contributed by atoms with van der Waals surface area (Å²) >= 11 is 0. The van der Waals surface area contributed by atoms with E-state index in [0.29, 0.717) is 18.7 Å². The summed E-state index contributed by atoms with van der Waals surface area (Å²) in [6.07, 6.45) is 4.59. The Labute approximate surface area is 155 Å². The van der Waals surface area contributed by atoms with Gasteiger partial charge in [0.1, 0.15) is 5.75 Å². The molecule has 0 saturated heterocycles. The number of unbranched alkanes of at least 4 members (excludes halogenated alkanes) is 2. The van der Waals surface area contributed by atoms with Crippen LogP contribution in [0.3, 0.4) is 0 Å². The van der Waals surface area contributed by atoms with Gasteiger partial charge in [-0.2, -0.15) is 0 Å². The third kappa shape index (κ3) is 7.39. The number of rotatable bonds is 13. The Balaban J connectivity index is 2.66. The molecule has 0 radical (unpaired) electrons. The van der Waals surface area contributed by atoms with Gasteiger partial charge in [0.2, 0.25) is 0 Å². The summed E-state index contributed by atoms with van der Waals surface area (Å²) in [5.41, 5.74) is 0.237. The Hall–Kier alpha value is -2.15. The van der Waals surface area contributed by atoms with E-state index in [4.69, 9.17) is 4.74 Å². The maximum atomic E-state index is 12.5. The van der Waals surface area contributed by atoms with Crippen molar-refractivity contribution in [3.63, 3.8) is 0 Å². The third-order valence-corrected chi connectivity index (χ3v) is 4.09. The topological polar surface area (TPSA) is 84.7 Å². The second-order valence-corrected chi connectivity index (χ2v) is 6.18. The minimum atomic E-state index is -0.496. The first-order valence-corrected chi connectivity index (χ1v) is 9.45. The first-order chi connectivity index (χ1) is 12.5. The minimum absolute atomic E-state index is 0.0877. The second-order valence-electron chi connectivity index (χ2n) is 6.18. The number of hydrogen-bond donors (Lipinski definition) is 1. The van der Waals surface area contributed by atoms with E-state index in [0.717, 1.165) is 45.3 Å². The Kier molecular flexibility index (Phi) is 10.3. The zero-order chi connectivity index (χ0) is 19.4. The molecular formula is C19H31N3O4. The van der Waals surface area contributed by atoms with Crippen LogP contribution in [0.4, 0.5) is 5.69 Å². The predicted octanol–water partition coefficient (Wildman–Crippen LogP) is 3.63. The van der Waals surface area contributed by atoms with Gasteiger partial charge in [0, 0.05) is 19.2 Å². The fourth-order valence-electron chi connectivity index (χ4n) is 2.61. The van der Waals surface area contributed by atoms with E-state index >= 15 is 0 Å². The number of non-ortho nitro benzene ring substituents is 1. The molecule has 7 heteroatoms. The molecule has 26 heavy (non-hydrogen) atoms. The van der Waals surface area contributed by atoms with Gasteiger partial charge in [-0.15, -0.1) is 0 Å². The first kappa shape index (κ1) is 21.9. The van der Waals surface area contributed by atoms with E-state index in [1.165, 1.54) is 18.2 Å². The molecule has 0 aromatic heterocycles. The van der Waals surface area contributed by atoms with Crippen LogP contribution in [0.5, 0.6) is 5.75 Å². The smallest absolute Gasteiger partial charge is 0.273 e. The molecule has 0 saturated carbocycles. The van der Waals surface area contributed by atoms with Crippen LogP contribution >= 0.6 is 0 Å². The number of nitro groups is 1. The molecule has 0 aliphatic rings. The van der Waals surface area contributed by atoms with Crippen molar-refractivity contribution in [2.75, 3.05) is 32.8 Å². The Bertz CT molecular complexity index is 570. The first-order valence-electron chi connectivity index (χ1n) is 9.45. The normalized spacial score (nSPS) is 10.8. The second kappa shape index (κ2) is 12.2. The van der Waals surface area contributed by atoms with Crippen molar-refractivity contribution in [1.29, 1.82) is 0 Å². The van der Waals surface area contributed by atoms with Crippen LogP contribution < -0.4 is 10.1 Å². The van der Waals surface area contributed by atoms with Gasteiger partial charge < -0.3 is 15.0 Å². The molecule has 0 fully saturated rings. The van der Waals surface area contributed by atoms with Crippen LogP contribution in [0.25, 0.3) is 0 Å². The molecular weight excluding hydrogens is 334 g/mol. The van der Waals surface area contributed by atoms with Gasteiger partial charge in [0.15, 0.2) is 0 Å². The fraction of sp³-hybridized carbons (Fsp3) is 0.632. The molecule has 1 rings (SSSR count). The highest BCUT2D eigenvalue weighted by molar-refractivity contribution is 5.97.